The van der Waals surface area contributed by atoms with Gasteiger partial charge in [-0.15, -0.1) is 0 Å². The molecule has 1 saturated heterocycles. The Bertz CT molecular complexity index is 641. The van der Waals surface area contributed by atoms with Gasteiger partial charge in [0.1, 0.15) is 4.90 Å². The molecular weight excluding hydrogens is 315 g/mol. The van der Waals surface area contributed by atoms with Gasteiger partial charge in [0, 0.05) is 18.1 Å². The Morgan fingerprint density at radius 1 is 1.38 bits per heavy atom. The van der Waals surface area contributed by atoms with Crippen molar-refractivity contribution < 1.29 is 12.8 Å². The second-order valence-electron chi connectivity index (χ2n) is 5.88. The van der Waals surface area contributed by atoms with E-state index in [0.29, 0.717) is 13.1 Å². The van der Waals surface area contributed by atoms with Crippen LogP contribution in [-0.4, -0.2) is 25.8 Å². The first-order valence-electron chi connectivity index (χ1n) is 6.94. The topological polar surface area (TPSA) is 63.4 Å². The van der Waals surface area contributed by atoms with E-state index >= 15 is 0 Å². The van der Waals surface area contributed by atoms with E-state index in [1.54, 1.807) is 0 Å². The summed E-state index contributed by atoms with van der Waals surface area (Å²) < 4.78 is 40.5. The van der Waals surface area contributed by atoms with Crippen LogP contribution < -0.4 is 5.73 Å². The molecule has 1 aliphatic rings. The SMILES string of the molecule is CCC1(C)CCN(S(=O)(=O)c2cc(Cl)cc(N)c2F)CC1. The zero-order valence-electron chi connectivity index (χ0n) is 12.2. The summed E-state index contributed by atoms with van der Waals surface area (Å²) >= 11 is 5.81. The molecule has 118 valence electrons. The standard InChI is InChI=1S/C14H20ClFN2O2S/c1-3-14(2)4-6-18(7-5-14)21(19,20)12-9-10(15)8-11(17)13(12)16/h8-9H,3-7,17H2,1-2H3. The molecule has 7 heteroatoms. The van der Waals surface area contributed by atoms with Crippen LogP contribution in [0, 0.1) is 11.2 Å². The minimum Gasteiger partial charge on any atom is -0.396 e. The smallest absolute Gasteiger partial charge is 0.246 e. The molecule has 0 atom stereocenters. The van der Waals surface area contributed by atoms with E-state index in [4.69, 9.17) is 17.3 Å². The minimum atomic E-state index is -3.90. The zero-order chi connectivity index (χ0) is 15.8. The van der Waals surface area contributed by atoms with Crippen molar-refractivity contribution in [3.8, 4) is 0 Å². The van der Waals surface area contributed by atoms with Crippen molar-refractivity contribution in [1.82, 2.24) is 4.31 Å². The number of hydrogen-bond donors (Lipinski definition) is 1. The van der Waals surface area contributed by atoms with Crippen LogP contribution in [0.2, 0.25) is 5.02 Å². The van der Waals surface area contributed by atoms with Gasteiger partial charge >= 0.3 is 0 Å². The van der Waals surface area contributed by atoms with Crippen LogP contribution in [-0.2, 0) is 10.0 Å². The summed E-state index contributed by atoms with van der Waals surface area (Å²) in [6.07, 6.45) is 2.53. The Hall–Kier alpha value is -0.850. The number of piperidine rings is 1. The predicted molar refractivity (Wildman–Crippen MR) is 82.2 cm³/mol. The highest BCUT2D eigenvalue weighted by molar-refractivity contribution is 7.89. The molecule has 21 heavy (non-hydrogen) atoms. The fraction of sp³-hybridized carbons (Fsp3) is 0.571. The summed E-state index contributed by atoms with van der Waals surface area (Å²) in [4.78, 5) is -0.437. The number of sulfonamides is 1. The molecule has 1 aromatic carbocycles. The Labute approximate surface area is 130 Å². The van der Waals surface area contributed by atoms with Crippen molar-refractivity contribution in [3.63, 3.8) is 0 Å². The van der Waals surface area contributed by atoms with Crippen molar-refractivity contribution in [1.29, 1.82) is 0 Å². The highest BCUT2D eigenvalue weighted by Crippen LogP contribution is 2.36. The van der Waals surface area contributed by atoms with Gasteiger partial charge in [0.2, 0.25) is 10.0 Å². The molecule has 4 nitrogen and oxygen atoms in total. The van der Waals surface area contributed by atoms with E-state index in [9.17, 15) is 12.8 Å². The average molecular weight is 335 g/mol. The first-order valence-corrected chi connectivity index (χ1v) is 8.76. The maximum atomic E-state index is 14.1. The molecule has 0 radical (unpaired) electrons. The Balaban J connectivity index is 2.32. The van der Waals surface area contributed by atoms with E-state index in [-0.39, 0.29) is 16.1 Å². The number of anilines is 1. The monoisotopic (exact) mass is 334 g/mol. The van der Waals surface area contributed by atoms with Gasteiger partial charge in [0.15, 0.2) is 5.82 Å². The van der Waals surface area contributed by atoms with Gasteiger partial charge in [-0.1, -0.05) is 31.9 Å². The zero-order valence-corrected chi connectivity index (χ0v) is 13.8. The van der Waals surface area contributed by atoms with Gasteiger partial charge in [0.05, 0.1) is 5.69 Å². The van der Waals surface area contributed by atoms with E-state index < -0.39 is 20.7 Å². The summed E-state index contributed by atoms with van der Waals surface area (Å²) in [6.45, 7) is 5.02. The summed E-state index contributed by atoms with van der Waals surface area (Å²) in [6, 6.07) is 2.33. The molecule has 1 aromatic rings. The summed E-state index contributed by atoms with van der Waals surface area (Å²) in [5, 5.41) is 0.114. The number of halogens is 2. The lowest BCUT2D eigenvalue weighted by atomic mass is 9.79. The molecule has 0 spiro atoms. The van der Waals surface area contributed by atoms with Gasteiger partial charge < -0.3 is 5.73 Å². The molecule has 0 saturated carbocycles. The highest BCUT2D eigenvalue weighted by Gasteiger charge is 2.36. The average Bonchev–Trinajstić information content (AvgIpc) is 2.43. The first-order chi connectivity index (χ1) is 9.69. The van der Waals surface area contributed by atoms with E-state index in [2.05, 4.69) is 13.8 Å². The minimum absolute atomic E-state index is 0.114. The molecule has 2 N–H and O–H groups in total. The highest BCUT2D eigenvalue weighted by atomic mass is 35.5. The maximum Gasteiger partial charge on any atom is 0.246 e. The van der Waals surface area contributed by atoms with Gasteiger partial charge in [0.25, 0.3) is 0 Å². The molecular formula is C14H20ClFN2O2S. The number of nitrogen functional groups attached to an aromatic ring is 1. The Morgan fingerprint density at radius 2 is 1.95 bits per heavy atom. The van der Waals surface area contributed by atoms with Crippen molar-refractivity contribution in [3.05, 3.63) is 23.0 Å². The third kappa shape index (κ3) is 3.17. The Kier molecular flexibility index (Phi) is 4.52. The quantitative estimate of drug-likeness (QED) is 0.863. The molecule has 1 heterocycles. The number of rotatable bonds is 3. The van der Waals surface area contributed by atoms with Crippen LogP contribution in [0.25, 0.3) is 0 Å². The van der Waals surface area contributed by atoms with Gasteiger partial charge in [-0.3, -0.25) is 0 Å². The summed E-state index contributed by atoms with van der Waals surface area (Å²) in [5.41, 5.74) is 5.37. The lowest BCUT2D eigenvalue weighted by molar-refractivity contribution is 0.168. The lowest BCUT2D eigenvalue weighted by Crippen LogP contribution is -2.42. The fourth-order valence-electron chi connectivity index (χ4n) is 2.53. The van der Waals surface area contributed by atoms with Gasteiger partial charge in [-0.05, 0) is 30.4 Å². The van der Waals surface area contributed by atoms with E-state index in [1.165, 1.54) is 10.4 Å². The van der Waals surface area contributed by atoms with Gasteiger partial charge in [-0.25, -0.2) is 12.8 Å². The number of benzene rings is 1. The summed E-state index contributed by atoms with van der Waals surface area (Å²) in [7, 11) is -3.90. The number of nitrogens with zero attached hydrogens (tertiary/aromatic N) is 1. The van der Waals surface area contributed by atoms with Crippen LogP contribution >= 0.6 is 11.6 Å². The lowest BCUT2D eigenvalue weighted by Gasteiger charge is -2.38. The normalized spacial score (nSPS) is 19.6. The van der Waals surface area contributed by atoms with E-state index in [1.807, 2.05) is 0 Å². The molecule has 0 amide bonds. The summed E-state index contributed by atoms with van der Waals surface area (Å²) in [5.74, 6) is -0.928. The fourth-order valence-corrected chi connectivity index (χ4v) is 4.38. The van der Waals surface area contributed by atoms with Crippen molar-refractivity contribution in [2.75, 3.05) is 18.8 Å². The number of nitrogens with two attached hydrogens (primary N) is 1. The maximum absolute atomic E-state index is 14.1. The molecule has 0 unspecified atom stereocenters. The molecule has 1 fully saturated rings. The molecule has 1 aliphatic heterocycles. The number of hydrogen-bond acceptors (Lipinski definition) is 3. The first kappa shape index (κ1) is 16.5. The molecule has 0 bridgehead atoms. The third-order valence-corrected chi connectivity index (χ3v) is 6.55. The second-order valence-corrected chi connectivity index (χ2v) is 8.22. The third-order valence-electron chi connectivity index (χ3n) is 4.43. The molecule has 0 aliphatic carbocycles. The van der Waals surface area contributed by atoms with Crippen LogP contribution in [0.3, 0.4) is 0 Å². The van der Waals surface area contributed by atoms with Crippen LogP contribution in [0.4, 0.5) is 10.1 Å². The Morgan fingerprint density at radius 3 is 2.48 bits per heavy atom. The second kappa shape index (κ2) is 5.74. The van der Waals surface area contributed by atoms with Crippen LogP contribution in [0.5, 0.6) is 0 Å². The molecule has 2 rings (SSSR count). The van der Waals surface area contributed by atoms with Crippen LogP contribution in [0.15, 0.2) is 17.0 Å². The predicted octanol–water partition coefficient (Wildman–Crippen LogP) is 3.26. The van der Waals surface area contributed by atoms with Gasteiger partial charge in [-0.2, -0.15) is 4.31 Å². The van der Waals surface area contributed by atoms with Crippen molar-refractivity contribution in [2.45, 2.75) is 38.0 Å². The largest absolute Gasteiger partial charge is 0.396 e. The van der Waals surface area contributed by atoms with Crippen molar-refractivity contribution in [2.24, 2.45) is 5.41 Å². The van der Waals surface area contributed by atoms with Crippen molar-refractivity contribution >= 4 is 27.3 Å². The van der Waals surface area contributed by atoms with Crippen LogP contribution in [0.1, 0.15) is 33.1 Å². The van der Waals surface area contributed by atoms with E-state index in [0.717, 1.165) is 25.3 Å². The molecule has 0 aromatic heterocycles.